The predicted molar refractivity (Wildman–Crippen MR) is 98.0 cm³/mol. The number of hydrogen-bond acceptors (Lipinski definition) is 4. The lowest BCUT2D eigenvalue weighted by Gasteiger charge is -2.13. The van der Waals surface area contributed by atoms with E-state index in [1.165, 1.54) is 31.4 Å². The van der Waals surface area contributed by atoms with Gasteiger partial charge in [0.1, 0.15) is 11.6 Å². The molecule has 0 aliphatic carbocycles. The van der Waals surface area contributed by atoms with Crippen LogP contribution in [0.15, 0.2) is 47.4 Å². The van der Waals surface area contributed by atoms with Crippen molar-refractivity contribution in [1.82, 2.24) is 10.9 Å². The van der Waals surface area contributed by atoms with Crippen molar-refractivity contribution in [3.8, 4) is 5.75 Å². The van der Waals surface area contributed by atoms with Gasteiger partial charge in [-0.3, -0.25) is 15.6 Å². The van der Waals surface area contributed by atoms with Crippen LogP contribution in [-0.2, 0) is 0 Å². The maximum atomic E-state index is 12.8. The normalized spacial score (nSPS) is 9.96. The third-order valence-corrected chi connectivity index (χ3v) is 3.97. The third kappa shape index (κ3) is 4.84. The van der Waals surface area contributed by atoms with Crippen LogP contribution in [0.5, 0.6) is 5.75 Å². The minimum atomic E-state index is -0.386. The van der Waals surface area contributed by atoms with Crippen molar-refractivity contribution in [2.24, 2.45) is 0 Å². The van der Waals surface area contributed by atoms with Gasteiger partial charge in [-0.05, 0) is 60.9 Å². The molecular formula is C16H16FN3O2S2. The molecule has 5 nitrogen and oxygen atoms in total. The van der Waals surface area contributed by atoms with Gasteiger partial charge >= 0.3 is 0 Å². The Hall–Kier alpha value is -2.32. The first-order chi connectivity index (χ1) is 11.5. The Morgan fingerprint density at radius 3 is 2.50 bits per heavy atom. The lowest BCUT2D eigenvalue weighted by Crippen LogP contribution is -2.43. The monoisotopic (exact) mass is 365 g/mol. The SMILES string of the molecule is COc1cc(SC)ccc1C(=O)NNC(=S)Nc1ccc(F)cc1. The molecule has 0 saturated carbocycles. The minimum Gasteiger partial charge on any atom is -0.496 e. The fraction of sp³-hybridized carbons (Fsp3) is 0.125. The van der Waals surface area contributed by atoms with Crippen LogP contribution in [0.1, 0.15) is 10.4 Å². The molecule has 3 N–H and O–H groups in total. The van der Waals surface area contributed by atoms with Crippen LogP contribution in [-0.4, -0.2) is 24.4 Å². The zero-order valence-electron chi connectivity index (χ0n) is 13.1. The number of benzene rings is 2. The maximum Gasteiger partial charge on any atom is 0.273 e. The Bertz CT molecular complexity index is 739. The zero-order chi connectivity index (χ0) is 17.5. The summed E-state index contributed by atoms with van der Waals surface area (Å²) in [7, 11) is 1.50. The number of anilines is 1. The summed E-state index contributed by atoms with van der Waals surface area (Å²) in [5.74, 6) is -0.255. The van der Waals surface area contributed by atoms with E-state index in [9.17, 15) is 9.18 Å². The molecular weight excluding hydrogens is 349 g/mol. The molecule has 8 heteroatoms. The second kappa shape index (κ2) is 8.51. The quantitative estimate of drug-likeness (QED) is 0.439. The highest BCUT2D eigenvalue weighted by Gasteiger charge is 2.13. The maximum absolute atomic E-state index is 12.8. The predicted octanol–water partition coefficient (Wildman–Crippen LogP) is 3.19. The summed E-state index contributed by atoms with van der Waals surface area (Å²) in [5, 5.41) is 3.00. The summed E-state index contributed by atoms with van der Waals surface area (Å²) >= 11 is 6.63. The first-order valence-corrected chi connectivity index (χ1v) is 8.51. The number of thioether (sulfide) groups is 1. The van der Waals surface area contributed by atoms with Gasteiger partial charge in [-0.25, -0.2) is 4.39 Å². The molecule has 2 aromatic rings. The van der Waals surface area contributed by atoms with E-state index in [2.05, 4.69) is 16.2 Å². The van der Waals surface area contributed by atoms with E-state index in [0.717, 1.165) is 4.90 Å². The molecule has 0 aromatic heterocycles. The molecule has 0 aliphatic rings. The van der Waals surface area contributed by atoms with Gasteiger partial charge in [-0.1, -0.05) is 0 Å². The second-order valence-corrected chi connectivity index (χ2v) is 5.89. The summed E-state index contributed by atoms with van der Waals surface area (Å²) in [6.07, 6.45) is 1.94. The average Bonchev–Trinajstić information content (AvgIpc) is 2.61. The number of methoxy groups -OCH3 is 1. The van der Waals surface area contributed by atoms with Crippen molar-refractivity contribution >= 4 is 40.7 Å². The first-order valence-electron chi connectivity index (χ1n) is 6.88. The van der Waals surface area contributed by atoms with Crippen molar-refractivity contribution in [1.29, 1.82) is 0 Å². The van der Waals surface area contributed by atoms with Gasteiger partial charge < -0.3 is 10.1 Å². The lowest BCUT2D eigenvalue weighted by atomic mass is 10.2. The topological polar surface area (TPSA) is 62.4 Å². The average molecular weight is 365 g/mol. The molecule has 0 saturated heterocycles. The smallest absolute Gasteiger partial charge is 0.273 e. The molecule has 2 rings (SSSR count). The number of ether oxygens (including phenoxy) is 1. The zero-order valence-corrected chi connectivity index (χ0v) is 14.7. The van der Waals surface area contributed by atoms with Gasteiger partial charge in [0.2, 0.25) is 0 Å². The molecule has 0 spiro atoms. The molecule has 0 fully saturated rings. The summed E-state index contributed by atoms with van der Waals surface area (Å²) in [6, 6.07) is 11.0. The summed E-state index contributed by atoms with van der Waals surface area (Å²) in [6.45, 7) is 0. The fourth-order valence-electron chi connectivity index (χ4n) is 1.86. The van der Waals surface area contributed by atoms with Crippen molar-refractivity contribution in [3.05, 3.63) is 53.8 Å². The summed E-state index contributed by atoms with van der Waals surface area (Å²) in [4.78, 5) is 13.2. The van der Waals surface area contributed by atoms with Crippen LogP contribution in [0.25, 0.3) is 0 Å². The van der Waals surface area contributed by atoms with Gasteiger partial charge in [-0.15, -0.1) is 11.8 Å². The number of rotatable bonds is 4. The van der Waals surface area contributed by atoms with Crippen LogP contribution in [0, 0.1) is 5.82 Å². The highest BCUT2D eigenvalue weighted by Crippen LogP contribution is 2.25. The van der Waals surface area contributed by atoms with Crippen LogP contribution in [0.2, 0.25) is 0 Å². The minimum absolute atomic E-state index is 0.176. The summed E-state index contributed by atoms with van der Waals surface area (Å²) < 4.78 is 18.1. The van der Waals surface area contributed by atoms with E-state index in [4.69, 9.17) is 17.0 Å². The Kier molecular flexibility index (Phi) is 6.39. The molecule has 0 unspecified atom stereocenters. The molecule has 0 heterocycles. The molecule has 0 bridgehead atoms. The fourth-order valence-corrected chi connectivity index (χ4v) is 2.46. The number of carbonyl (C=O) groups excluding carboxylic acids is 1. The number of amides is 1. The van der Waals surface area contributed by atoms with Crippen LogP contribution in [0.3, 0.4) is 0 Å². The highest BCUT2D eigenvalue weighted by atomic mass is 32.2. The van der Waals surface area contributed by atoms with Gasteiger partial charge in [0.15, 0.2) is 5.11 Å². The van der Waals surface area contributed by atoms with Gasteiger partial charge in [0, 0.05) is 10.6 Å². The standard InChI is InChI=1S/C16H16FN3O2S2/c1-22-14-9-12(24-2)7-8-13(14)15(21)19-20-16(23)18-11-5-3-10(17)4-6-11/h3-9H,1-2H3,(H,19,21)(H2,18,20,23). The number of thiocarbonyl (C=S) groups is 1. The molecule has 0 aliphatic heterocycles. The third-order valence-electron chi connectivity index (χ3n) is 3.04. The van der Waals surface area contributed by atoms with Crippen molar-refractivity contribution in [2.75, 3.05) is 18.7 Å². The van der Waals surface area contributed by atoms with Crippen LogP contribution >= 0.6 is 24.0 Å². The van der Waals surface area contributed by atoms with E-state index in [-0.39, 0.29) is 16.8 Å². The Balaban J connectivity index is 1.95. The Labute approximate surface area is 148 Å². The second-order valence-electron chi connectivity index (χ2n) is 4.61. The van der Waals surface area contributed by atoms with Crippen molar-refractivity contribution in [3.63, 3.8) is 0 Å². The number of hydrazine groups is 1. The van der Waals surface area contributed by atoms with Crippen LogP contribution in [0.4, 0.5) is 10.1 Å². The van der Waals surface area contributed by atoms with Crippen molar-refractivity contribution in [2.45, 2.75) is 4.90 Å². The van der Waals surface area contributed by atoms with Gasteiger partial charge in [0.05, 0.1) is 12.7 Å². The van der Waals surface area contributed by atoms with E-state index >= 15 is 0 Å². The Morgan fingerprint density at radius 1 is 1.17 bits per heavy atom. The van der Waals surface area contributed by atoms with Crippen molar-refractivity contribution < 1.29 is 13.9 Å². The molecule has 1 amide bonds. The van der Waals surface area contributed by atoms with Crippen LogP contribution < -0.4 is 20.9 Å². The highest BCUT2D eigenvalue weighted by molar-refractivity contribution is 7.98. The van der Waals surface area contributed by atoms with E-state index in [0.29, 0.717) is 17.0 Å². The number of halogens is 1. The molecule has 0 radical (unpaired) electrons. The molecule has 126 valence electrons. The molecule has 0 atom stereocenters. The lowest BCUT2D eigenvalue weighted by molar-refractivity contribution is 0.0941. The van der Waals surface area contributed by atoms with E-state index in [1.807, 2.05) is 12.3 Å². The molecule has 24 heavy (non-hydrogen) atoms. The van der Waals surface area contributed by atoms with Gasteiger partial charge in [0.25, 0.3) is 5.91 Å². The summed E-state index contributed by atoms with van der Waals surface area (Å²) in [5.41, 5.74) is 6.06. The van der Waals surface area contributed by atoms with E-state index in [1.54, 1.807) is 23.9 Å². The Morgan fingerprint density at radius 2 is 1.88 bits per heavy atom. The number of nitrogens with one attached hydrogen (secondary N) is 3. The number of hydrogen-bond donors (Lipinski definition) is 3. The van der Waals surface area contributed by atoms with E-state index < -0.39 is 0 Å². The first kappa shape index (κ1) is 18.0. The molecule has 2 aromatic carbocycles. The number of carbonyl (C=O) groups is 1. The van der Waals surface area contributed by atoms with Gasteiger partial charge in [-0.2, -0.15) is 0 Å². The largest absolute Gasteiger partial charge is 0.496 e.